The van der Waals surface area contributed by atoms with Gasteiger partial charge in [-0.2, -0.15) is 0 Å². The molecule has 0 saturated carbocycles. The summed E-state index contributed by atoms with van der Waals surface area (Å²) in [7, 11) is 2.22. The highest BCUT2D eigenvalue weighted by Gasteiger charge is 2.26. The number of nitrogens with zero attached hydrogens (tertiary/aromatic N) is 1. The molecular weight excluding hydrogens is 182 g/mol. The fourth-order valence-corrected chi connectivity index (χ4v) is 2.49. The second-order valence-corrected chi connectivity index (χ2v) is 5.53. The van der Waals surface area contributed by atoms with Gasteiger partial charge in [0.05, 0.1) is 0 Å². The van der Waals surface area contributed by atoms with E-state index in [1.807, 2.05) is 0 Å². The minimum Gasteiger partial charge on any atom is -0.302 e. The molecule has 0 fully saturated rings. The first-order valence-corrected chi connectivity index (χ1v) is 5.77. The molecule has 1 aromatic carbocycles. The van der Waals surface area contributed by atoms with Gasteiger partial charge in [0.15, 0.2) is 0 Å². The zero-order chi connectivity index (χ0) is 11.1. The molecule has 1 aliphatic heterocycles. The van der Waals surface area contributed by atoms with Crippen LogP contribution in [0.2, 0.25) is 0 Å². The Morgan fingerprint density at radius 1 is 1.27 bits per heavy atom. The lowest BCUT2D eigenvalue weighted by atomic mass is 9.79. The molecule has 1 heterocycles. The normalized spacial score (nSPS) is 20.8. The predicted molar refractivity (Wildman–Crippen MR) is 65.2 cm³/mol. The summed E-state index contributed by atoms with van der Waals surface area (Å²) >= 11 is 0. The summed E-state index contributed by atoms with van der Waals surface area (Å²) in [5.74, 6) is 0. The van der Waals surface area contributed by atoms with Gasteiger partial charge in [-0.05, 0) is 43.5 Å². The summed E-state index contributed by atoms with van der Waals surface area (Å²) in [4.78, 5) is 2.42. The molecule has 2 rings (SSSR count). The largest absolute Gasteiger partial charge is 0.302 e. The van der Waals surface area contributed by atoms with Crippen LogP contribution in [0.5, 0.6) is 0 Å². The predicted octanol–water partition coefficient (Wildman–Crippen LogP) is 3.11. The Balaban J connectivity index is 2.50. The molecule has 1 nitrogen and oxygen atoms in total. The zero-order valence-electron chi connectivity index (χ0n) is 10.3. The molecule has 0 N–H and O–H groups in total. The van der Waals surface area contributed by atoms with E-state index in [0.29, 0.717) is 5.41 Å². The SMILES string of the molecule is Cc1ccc2c(c1)CN(C)CCC2(C)C. The summed E-state index contributed by atoms with van der Waals surface area (Å²) in [5.41, 5.74) is 4.76. The highest BCUT2D eigenvalue weighted by atomic mass is 15.1. The molecule has 1 aromatic rings. The van der Waals surface area contributed by atoms with Crippen molar-refractivity contribution in [3.8, 4) is 0 Å². The third kappa shape index (κ3) is 2.07. The number of rotatable bonds is 0. The fraction of sp³-hybridized carbons (Fsp3) is 0.571. The van der Waals surface area contributed by atoms with E-state index in [-0.39, 0.29) is 0 Å². The van der Waals surface area contributed by atoms with Crippen LogP contribution in [0.25, 0.3) is 0 Å². The first-order chi connectivity index (χ1) is 6.99. The summed E-state index contributed by atoms with van der Waals surface area (Å²) < 4.78 is 0. The number of benzene rings is 1. The average Bonchev–Trinajstić information content (AvgIpc) is 2.24. The average molecular weight is 203 g/mol. The van der Waals surface area contributed by atoms with Gasteiger partial charge in [0.25, 0.3) is 0 Å². The Morgan fingerprint density at radius 3 is 2.73 bits per heavy atom. The van der Waals surface area contributed by atoms with E-state index >= 15 is 0 Å². The molecule has 0 amide bonds. The van der Waals surface area contributed by atoms with Gasteiger partial charge in [-0.3, -0.25) is 0 Å². The van der Waals surface area contributed by atoms with Gasteiger partial charge in [0.1, 0.15) is 0 Å². The quantitative estimate of drug-likeness (QED) is 0.626. The van der Waals surface area contributed by atoms with Gasteiger partial charge in [0.2, 0.25) is 0 Å². The van der Waals surface area contributed by atoms with E-state index in [2.05, 4.69) is 50.9 Å². The fourth-order valence-electron chi connectivity index (χ4n) is 2.49. The molecular formula is C14H21N. The Bertz CT molecular complexity index is 366. The lowest BCUT2D eigenvalue weighted by Gasteiger charge is -2.25. The maximum atomic E-state index is 2.42. The zero-order valence-corrected chi connectivity index (χ0v) is 10.3. The van der Waals surface area contributed by atoms with Crippen LogP contribution in [-0.4, -0.2) is 18.5 Å². The lowest BCUT2D eigenvalue weighted by Crippen LogP contribution is -2.21. The van der Waals surface area contributed by atoms with Crippen LogP contribution in [0.1, 0.15) is 37.0 Å². The van der Waals surface area contributed by atoms with Gasteiger partial charge >= 0.3 is 0 Å². The van der Waals surface area contributed by atoms with Crippen molar-refractivity contribution in [3.05, 3.63) is 34.9 Å². The summed E-state index contributed by atoms with van der Waals surface area (Å²) in [6, 6.07) is 6.91. The van der Waals surface area contributed by atoms with Crippen molar-refractivity contribution >= 4 is 0 Å². The third-order valence-electron chi connectivity index (χ3n) is 3.55. The number of hydrogen-bond acceptors (Lipinski definition) is 1. The monoisotopic (exact) mass is 203 g/mol. The molecule has 0 bridgehead atoms. The van der Waals surface area contributed by atoms with Crippen LogP contribution in [-0.2, 0) is 12.0 Å². The van der Waals surface area contributed by atoms with Crippen molar-refractivity contribution in [1.82, 2.24) is 4.90 Å². The standard InChI is InChI=1S/C14H21N/c1-11-5-6-13-12(9-11)10-15(4)8-7-14(13,2)3/h5-6,9H,7-8,10H2,1-4H3. The Labute approximate surface area is 93.1 Å². The van der Waals surface area contributed by atoms with Crippen molar-refractivity contribution < 1.29 is 0 Å². The minimum absolute atomic E-state index is 0.327. The maximum absolute atomic E-state index is 2.42. The van der Waals surface area contributed by atoms with Crippen LogP contribution in [0.3, 0.4) is 0 Å². The van der Waals surface area contributed by atoms with Gasteiger partial charge < -0.3 is 4.90 Å². The van der Waals surface area contributed by atoms with Crippen LogP contribution >= 0.6 is 0 Å². The van der Waals surface area contributed by atoms with Crippen molar-refractivity contribution in [1.29, 1.82) is 0 Å². The molecule has 1 heteroatoms. The second-order valence-electron chi connectivity index (χ2n) is 5.53. The molecule has 82 valence electrons. The molecule has 1 aliphatic rings. The first-order valence-electron chi connectivity index (χ1n) is 5.77. The molecule has 0 spiro atoms. The van der Waals surface area contributed by atoms with Gasteiger partial charge in [-0.15, -0.1) is 0 Å². The van der Waals surface area contributed by atoms with Crippen LogP contribution in [0.4, 0.5) is 0 Å². The van der Waals surface area contributed by atoms with E-state index in [4.69, 9.17) is 0 Å². The van der Waals surface area contributed by atoms with Crippen LogP contribution in [0, 0.1) is 6.92 Å². The number of aryl methyl sites for hydroxylation is 1. The van der Waals surface area contributed by atoms with Crippen molar-refractivity contribution in [3.63, 3.8) is 0 Å². The van der Waals surface area contributed by atoms with Crippen molar-refractivity contribution in [2.75, 3.05) is 13.6 Å². The maximum Gasteiger partial charge on any atom is 0.0233 e. The minimum atomic E-state index is 0.327. The van der Waals surface area contributed by atoms with Crippen LogP contribution < -0.4 is 0 Å². The third-order valence-corrected chi connectivity index (χ3v) is 3.55. The van der Waals surface area contributed by atoms with Gasteiger partial charge in [0, 0.05) is 6.54 Å². The van der Waals surface area contributed by atoms with E-state index in [1.54, 1.807) is 0 Å². The Kier molecular flexibility index (Phi) is 2.59. The van der Waals surface area contributed by atoms with E-state index < -0.39 is 0 Å². The lowest BCUT2D eigenvalue weighted by molar-refractivity contribution is 0.308. The number of hydrogen-bond donors (Lipinski definition) is 0. The highest BCUT2D eigenvalue weighted by molar-refractivity contribution is 5.37. The Morgan fingerprint density at radius 2 is 2.00 bits per heavy atom. The van der Waals surface area contributed by atoms with E-state index in [1.165, 1.54) is 29.7 Å². The first kappa shape index (κ1) is 10.7. The molecule has 0 saturated heterocycles. The highest BCUT2D eigenvalue weighted by Crippen LogP contribution is 2.33. The van der Waals surface area contributed by atoms with Crippen molar-refractivity contribution in [2.45, 2.75) is 39.2 Å². The molecule has 0 aliphatic carbocycles. The molecule has 0 radical (unpaired) electrons. The van der Waals surface area contributed by atoms with Crippen molar-refractivity contribution in [2.24, 2.45) is 0 Å². The summed E-state index contributed by atoms with van der Waals surface area (Å²) in [5, 5.41) is 0. The second kappa shape index (κ2) is 3.64. The Hall–Kier alpha value is -0.820. The van der Waals surface area contributed by atoms with Gasteiger partial charge in [-0.1, -0.05) is 37.6 Å². The topological polar surface area (TPSA) is 3.24 Å². The van der Waals surface area contributed by atoms with Crippen LogP contribution in [0.15, 0.2) is 18.2 Å². The molecule has 0 unspecified atom stereocenters. The number of fused-ring (bicyclic) bond motifs is 1. The molecule has 15 heavy (non-hydrogen) atoms. The molecule has 0 atom stereocenters. The summed E-state index contributed by atoms with van der Waals surface area (Å²) in [6.07, 6.45) is 1.25. The smallest absolute Gasteiger partial charge is 0.0233 e. The molecule has 0 aromatic heterocycles. The van der Waals surface area contributed by atoms with E-state index in [0.717, 1.165) is 6.54 Å². The van der Waals surface area contributed by atoms with E-state index in [9.17, 15) is 0 Å². The summed E-state index contributed by atoms with van der Waals surface area (Å²) in [6.45, 7) is 9.19. The van der Waals surface area contributed by atoms with Gasteiger partial charge in [-0.25, -0.2) is 0 Å².